The number of piperidine rings is 1. The van der Waals surface area contributed by atoms with Crippen LogP contribution in [0.1, 0.15) is 36.4 Å². The zero-order chi connectivity index (χ0) is 14.2. The SMILES string of the molecule is Cc1sc(CCl)cc1S(=O)(=O)N1CCC(C)CC1C. The Kier molecular flexibility index (Phi) is 4.60. The summed E-state index contributed by atoms with van der Waals surface area (Å²) in [5, 5.41) is 0. The molecule has 108 valence electrons. The molecule has 2 rings (SSSR count). The number of alkyl halides is 1. The van der Waals surface area contributed by atoms with Gasteiger partial charge in [0.2, 0.25) is 10.0 Å². The molecular formula is C13H20ClNO2S2. The standard InChI is InChI=1S/C13H20ClNO2S2/c1-9-4-5-15(10(2)6-9)19(16,17)13-7-12(8-14)18-11(13)3/h7,9-10H,4-6,8H2,1-3H3. The Bertz CT molecular complexity index is 553. The number of thiophene rings is 1. The van der Waals surface area contributed by atoms with Crippen LogP contribution in [-0.2, 0) is 15.9 Å². The lowest BCUT2D eigenvalue weighted by molar-refractivity contribution is 0.220. The van der Waals surface area contributed by atoms with Gasteiger partial charge in [-0.3, -0.25) is 0 Å². The number of hydrogen-bond acceptors (Lipinski definition) is 3. The van der Waals surface area contributed by atoms with Crippen LogP contribution in [0, 0.1) is 12.8 Å². The molecule has 0 aromatic carbocycles. The van der Waals surface area contributed by atoms with Crippen LogP contribution in [0.3, 0.4) is 0 Å². The molecule has 19 heavy (non-hydrogen) atoms. The summed E-state index contributed by atoms with van der Waals surface area (Å²) in [5.41, 5.74) is 0. The highest BCUT2D eigenvalue weighted by Crippen LogP contribution is 2.33. The summed E-state index contributed by atoms with van der Waals surface area (Å²) in [5.74, 6) is 0.969. The van der Waals surface area contributed by atoms with Gasteiger partial charge < -0.3 is 0 Å². The van der Waals surface area contributed by atoms with Crippen molar-refractivity contribution < 1.29 is 8.42 Å². The van der Waals surface area contributed by atoms with Crippen LogP contribution in [0.5, 0.6) is 0 Å². The first-order valence-electron chi connectivity index (χ1n) is 6.53. The number of sulfonamides is 1. The van der Waals surface area contributed by atoms with Crippen molar-refractivity contribution in [3.05, 3.63) is 15.8 Å². The van der Waals surface area contributed by atoms with E-state index in [1.807, 2.05) is 13.8 Å². The van der Waals surface area contributed by atoms with E-state index in [9.17, 15) is 8.42 Å². The van der Waals surface area contributed by atoms with Crippen LogP contribution in [0.25, 0.3) is 0 Å². The minimum absolute atomic E-state index is 0.0764. The fourth-order valence-electron chi connectivity index (χ4n) is 2.72. The molecule has 0 saturated carbocycles. The molecule has 2 unspecified atom stereocenters. The Balaban J connectivity index is 2.34. The largest absolute Gasteiger partial charge is 0.244 e. The second-order valence-corrected chi connectivity index (χ2v) is 8.83. The number of nitrogens with zero attached hydrogens (tertiary/aromatic N) is 1. The second-order valence-electron chi connectivity index (χ2n) is 5.36. The van der Waals surface area contributed by atoms with Crippen LogP contribution in [0.15, 0.2) is 11.0 Å². The Hall–Kier alpha value is -0.100. The van der Waals surface area contributed by atoms with Gasteiger partial charge in [-0.15, -0.1) is 22.9 Å². The van der Waals surface area contributed by atoms with E-state index in [-0.39, 0.29) is 6.04 Å². The van der Waals surface area contributed by atoms with E-state index >= 15 is 0 Å². The maximum atomic E-state index is 12.7. The lowest BCUT2D eigenvalue weighted by Crippen LogP contribution is -2.44. The third-order valence-electron chi connectivity index (χ3n) is 3.72. The molecule has 0 N–H and O–H groups in total. The van der Waals surface area contributed by atoms with Gasteiger partial charge in [-0.2, -0.15) is 4.31 Å². The van der Waals surface area contributed by atoms with Crippen LogP contribution in [0.4, 0.5) is 0 Å². The fourth-order valence-corrected chi connectivity index (χ4v) is 6.07. The highest BCUT2D eigenvalue weighted by Gasteiger charge is 2.34. The van der Waals surface area contributed by atoms with Gasteiger partial charge in [0, 0.05) is 22.3 Å². The summed E-state index contributed by atoms with van der Waals surface area (Å²) < 4.78 is 27.1. The Morgan fingerprint density at radius 2 is 2.16 bits per heavy atom. The summed E-state index contributed by atoms with van der Waals surface area (Å²) in [4.78, 5) is 2.19. The number of hydrogen-bond donors (Lipinski definition) is 0. The normalized spacial score (nSPS) is 25.7. The molecule has 3 nitrogen and oxygen atoms in total. The first-order chi connectivity index (χ1) is 8.86. The molecule has 1 aliphatic rings. The molecule has 1 aliphatic heterocycles. The van der Waals surface area contributed by atoms with Gasteiger partial charge in [-0.1, -0.05) is 6.92 Å². The van der Waals surface area contributed by atoms with Gasteiger partial charge in [0.15, 0.2) is 0 Å². The molecule has 2 atom stereocenters. The number of aryl methyl sites for hydroxylation is 1. The van der Waals surface area contributed by atoms with Crippen molar-refractivity contribution in [1.82, 2.24) is 4.31 Å². The van der Waals surface area contributed by atoms with E-state index in [4.69, 9.17) is 11.6 Å². The summed E-state index contributed by atoms with van der Waals surface area (Å²) in [7, 11) is -3.37. The molecule has 0 bridgehead atoms. The van der Waals surface area contributed by atoms with Gasteiger partial charge in [0.1, 0.15) is 0 Å². The first kappa shape index (κ1) is 15.3. The molecule has 2 heterocycles. The van der Waals surface area contributed by atoms with Crippen molar-refractivity contribution in [2.45, 2.75) is 50.4 Å². The smallest absolute Gasteiger partial charge is 0.207 e. The molecule has 1 aromatic rings. The van der Waals surface area contributed by atoms with E-state index in [0.29, 0.717) is 23.2 Å². The van der Waals surface area contributed by atoms with Crippen molar-refractivity contribution in [2.24, 2.45) is 5.92 Å². The van der Waals surface area contributed by atoms with E-state index in [2.05, 4.69) is 6.92 Å². The second kappa shape index (κ2) is 5.72. The van der Waals surface area contributed by atoms with Crippen molar-refractivity contribution in [2.75, 3.05) is 6.54 Å². The van der Waals surface area contributed by atoms with Gasteiger partial charge in [-0.25, -0.2) is 8.42 Å². The average Bonchev–Trinajstić information content (AvgIpc) is 2.70. The zero-order valence-electron chi connectivity index (χ0n) is 11.5. The molecule has 6 heteroatoms. The van der Waals surface area contributed by atoms with Crippen molar-refractivity contribution in [3.8, 4) is 0 Å². The topological polar surface area (TPSA) is 37.4 Å². The fraction of sp³-hybridized carbons (Fsp3) is 0.692. The van der Waals surface area contributed by atoms with Gasteiger partial charge in [-0.05, 0) is 38.7 Å². The molecule has 0 spiro atoms. The highest BCUT2D eigenvalue weighted by molar-refractivity contribution is 7.89. The van der Waals surface area contributed by atoms with Crippen molar-refractivity contribution in [1.29, 1.82) is 0 Å². The molecule has 1 saturated heterocycles. The van der Waals surface area contributed by atoms with Crippen LogP contribution >= 0.6 is 22.9 Å². The Labute approximate surface area is 124 Å². The molecule has 0 aliphatic carbocycles. The molecule has 1 aromatic heterocycles. The third-order valence-corrected chi connectivity index (χ3v) is 7.48. The predicted molar refractivity (Wildman–Crippen MR) is 80.4 cm³/mol. The summed E-state index contributed by atoms with van der Waals surface area (Å²) >= 11 is 7.27. The maximum absolute atomic E-state index is 12.7. The third kappa shape index (κ3) is 2.99. The number of rotatable bonds is 3. The van der Waals surface area contributed by atoms with E-state index in [0.717, 1.165) is 22.6 Å². The monoisotopic (exact) mass is 321 g/mol. The van der Waals surface area contributed by atoms with Crippen molar-refractivity contribution >= 4 is 33.0 Å². The summed E-state index contributed by atoms with van der Waals surface area (Å²) in [6.07, 6.45) is 1.87. The van der Waals surface area contributed by atoms with Crippen molar-refractivity contribution in [3.63, 3.8) is 0 Å². The van der Waals surface area contributed by atoms with E-state index in [1.54, 1.807) is 10.4 Å². The molecule has 1 fully saturated rings. The first-order valence-corrected chi connectivity index (χ1v) is 9.32. The van der Waals surface area contributed by atoms with Gasteiger partial charge in [0.05, 0.1) is 10.8 Å². The predicted octanol–water partition coefficient (Wildman–Crippen LogP) is 3.60. The van der Waals surface area contributed by atoms with Crippen LogP contribution in [0.2, 0.25) is 0 Å². The molecule has 0 amide bonds. The maximum Gasteiger partial charge on any atom is 0.244 e. The summed E-state index contributed by atoms with van der Waals surface area (Å²) in [6, 6.07) is 1.81. The van der Waals surface area contributed by atoms with Crippen LogP contribution < -0.4 is 0 Å². The minimum Gasteiger partial charge on any atom is -0.207 e. The lowest BCUT2D eigenvalue weighted by atomic mass is 9.95. The Morgan fingerprint density at radius 3 is 2.68 bits per heavy atom. The minimum atomic E-state index is -3.37. The molecular weight excluding hydrogens is 302 g/mol. The number of halogens is 1. The lowest BCUT2D eigenvalue weighted by Gasteiger charge is -2.35. The average molecular weight is 322 g/mol. The molecule has 0 radical (unpaired) electrons. The summed E-state index contributed by atoms with van der Waals surface area (Å²) in [6.45, 7) is 6.65. The van der Waals surface area contributed by atoms with Gasteiger partial charge >= 0.3 is 0 Å². The van der Waals surface area contributed by atoms with Crippen LogP contribution in [-0.4, -0.2) is 25.3 Å². The van der Waals surface area contributed by atoms with Gasteiger partial charge in [0.25, 0.3) is 0 Å². The zero-order valence-corrected chi connectivity index (χ0v) is 13.9. The van der Waals surface area contributed by atoms with E-state index < -0.39 is 10.0 Å². The highest BCUT2D eigenvalue weighted by atomic mass is 35.5. The quantitative estimate of drug-likeness (QED) is 0.798. The van der Waals surface area contributed by atoms with E-state index in [1.165, 1.54) is 11.3 Å². The Morgan fingerprint density at radius 1 is 1.47 bits per heavy atom.